The van der Waals surface area contributed by atoms with Gasteiger partial charge in [0.25, 0.3) is 5.91 Å². The molecule has 1 aromatic heterocycles. The van der Waals surface area contributed by atoms with E-state index in [1.165, 1.54) is 5.56 Å². The van der Waals surface area contributed by atoms with E-state index in [1.54, 1.807) is 0 Å². The van der Waals surface area contributed by atoms with Gasteiger partial charge in [-0.25, -0.2) is 4.98 Å². The summed E-state index contributed by atoms with van der Waals surface area (Å²) in [6.07, 6.45) is 0. The van der Waals surface area contributed by atoms with Crippen molar-refractivity contribution in [2.75, 3.05) is 6.61 Å². The van der Waals surface area contributed by atoms with Crippen LogP contribution in [0.3, 0.4) is 0 Å². The number of carbonyl (C=O) groups excluding carboxylic acids is 1. The normalized spacial score (nSPS) is 10.7. The molecule has 0 unspecified atom stereocenters. The molecule has 4 nitrogen and oxygen atoms in total. The number of nitrogens with one attached hydrogen (secondary N) is 1. The van der Waals surface area contributed by atoms with E-state index in [4.69, 9.17) is 9.72 Å². The smallest absolute Gasteiger partial charge is 0.252 e. The van der Waals surface area contributed by atoms with Gasteiger partial charge in [-0.3, -0.25) is 4.79 Å². The number of rotatable bonds is 6. The summed E-state index contributed by atoms with van der Waals surface area (Å²) < 4.78 is 5.53. The number of aromatic nitrogens is 1. The lowest BCUT2D eigenvalue weighted by atomic mass is 10.0. The second-order valence-electron chi connectivity index (χ2n) is 7.20. The third-order valence-electron chi connectivity index (χ3n) is 5.00. The minimum atomic E-state index is -0.110. The summed E-state index contributed by atoms with van der Waals surface area (Å²) in [6, 6.07) is 25.5. The number of carbonyl (C=O) groups is 1. The first-order chi connectivity index (χ1) is 14.6. The first kappa shape index (κ1) is 19.6. The highest BCUT2D eigenvalue weighted by Gasteiger charge is 2.14. The van der Waals surface area contributed by atoms with Gasteiger partial charge in [0.05, 0.1) is 23.4 Å². The Kier molecular flexibility index (Phi) is 5.75. The number of nitrogens with zero attached hydrogens (tertiary/aromatic N) is 1. The molecule has 0 spiro atoms. The van der Waals surface area contributed by atoms with E-state index in [0.717, 1.165) is 33.5 Å². The average Bonchev–Trinajstić information content (AvgIpc) is 2.78. The van der Waals surface area contributed by atoms with E-state index in [1.807, 2.05) is 92.7 Å². The fourth-order valence-electron chi connectivity index (χ4n) is 3.38. The van der Waals surface area contributed by atoms with Crippen molar-refractivity contribution in [1.82, 2.24) is 10.3 Å². The van der Waals surface area contributed by atoms with E-state index in [2.05, 4.69) is 5.32 Å². The second kappa shape index (κ2) is 8.78. The molecule has 0 bridgehead atoms. The molecule has 0 atom stereocenters. The van der Waals surface area contributed by atoms with Crippen LogP contribution < -0.4 is 10.1 Å². The fourth-order valence-corrected chi connectivity index (χ4v) is 3.38. The van der Waals surface area contributed by atoms with Crippen molar-refractivity contribution in [3.05, 3.63) is 95.6 Å². The number of aryl methyl sites for hydroxylation is 1. The van der Waals surface area contributed by atoms with Crippen molar-refractivity contribution in [3.8, 4) is 17.0 Å². The summed E-state index contributed by atoms with van der Waals surface area (Å²) in [6.45, 7) is 5.11. The van der Waals surface area contributed by atoms with E-state index < -0.39 is 0 Å². The second-order valence-corrected chi connectivity index (χ2v) is 7.20. The van der Waals surface area contributed by atoms with Gasteiger partial charge in [0, 0.05) is 17.5 Å². The third-order valence-corrected chi connectivity index (χ3v) is 5.00. The summed E-state index contributed by atoms with van der Waals surface area (Å²) in [5.74, 6) is 0.708. The number of hydrogen-bond donors (Lipinski definition) is 1. The zero-order valence-electron chi connectivity index (χ0n) is 17.2. The minimum Gasteiger partial charge on any atom is -0.494 e. The molecule has 0 fully saturated rings. The maximum atomic E-state index is 13.1. The topological polar surface area (TPSA) is 51.2 Å². The standard InChI is InChI=1S/C26H24N2O2/c1-3-30-21-14-12-20(13-15-21)25-16-23(22-6-4-5-7-24(22)28-25)26(29)27-17-19-10-8-18(2)9-11-19/h4-16H,3,17H2,1-2H3,(H,27,29). The molecule has 0 saturated carbocycles. The Morgan fingerprint density at radius 2 is 1.70 bits per heavy atom. The van der Waals surface area contributed by atoms with E-state index in [-0.39, 0.29) is 5.91 Å². The van der Waals surface area contributed by atoms with E-state index in [9.17, 15) is 4.79 Å². The minimum absolute atomic E-state index is 0.110. The van der Waals surface area contributed by atoms with Gasteiger partial charge in [-0.15, -0.1) is 0 Å². The molecule has 1 N–H and O–H groups in total. The summed E-state index contributed by atoms with van der Waals surface area (Å²) in [5, 5.41) is 3.89. The zero-order chi connectivity index (χ0) is 20.9. The van der Waals surface area contributed by atoms with Crippen LogP contribution in [-0.4, -0.2) is 17.5 Å². The molecule has 4 rings (SSSR count). The molecular formula is C26H24N2O2. The molecule has 150 valence electrons. The number of para-hydroxylation sites is 1. The van der Waals surface area contributed by atoms with Crippen LogP contribution in [0.2, 0.25) is 0 Å². The predicted octanol–water partition coefficient (Wildman–Crippen LogP) is 5.54. The van der Waals surface area contributed by atoms with Crippen molar-refractivity contribution < 1.29 is 9.53 Å². The molecular weight excluding hydrogens is 372 g/mol. The Morgan fingerprint density at radius 1 is 0.967 bits per heavy atom. The highest BCUT2D eigenvalue weighted by atomic mass is 16.5. The molecule has 1 heterocycles. The lowest BCUT2D eigenvalue weighted by molar-refractivity contribution is 0.0952. The predicted molar refractivity (Wildman–Crippen MR) is 121 cm³/mol. The number of ether oxygens (including phenoxy) is 1. The lowest BCUT2D eigenvalue weighted by Crippen LogP contribution is -2.23. The van der Waals surface area contributed by atoms with Crippen molar-refractivity contribution in [1.29, 1.82) is 0 Å². The van der Waals surface area contributed by atoms with Gasteiger partial charge in [-0.05, 0) is 55.8 Å². The van der Waals surface area contributed by atoms with Crippen LogP contribution in [0.5, 0.6) is 5.75 Å². The molecule has 0 saturated heterocycles. The molecule has 0 radical (unpaired) electrons. The number of fused-ring (bicyclic) bond motifs is 1. The lowest BCUT2D eigenvalue weighted by Gasteiger charge is -2.11. The van der Waals surface area contributed by atoms with Gasteiger partial charge in [-0.2, -0.15) is 0 Å². The SMILES string of the molecule is CCOc1ccc(-c2cc(C(=O)NCc3ccc(C)cc3)c3ccccc3n2)cc1. The maximum Gasteiger partial charge on any atom is 0.252 e. The van der Waals surface area contributed by atoms with Crippen molar-refractivity contribution in [3.63, 3.8) is 0 Å². The number of pyridine rings is 1. The molecule has 0 aliphatic carbocycles. The first-order valence-electron chi connectivity index (χ1n) is 10.1. The van der Waals surface area contributed by atoms with Crippen molar-refractivity contribution >= 4 is 16.8 Å². The van der Waals surface area contributed by atoms with Crippen LogP contribution >= 0.6 is 0 Å². The first-order valence-corrected chi connectivity index (χ1v) is 10.1. The summed E-state index contributed by atoms with van der Waals surface area (Å²) in [4.78, 5) is 17.8. The van der Waals surface area contributed by atoms with Crippen LogP contribution in [-0.2, 0) is 6.54 Å². The van der Waals surface area contributed by atoms with E-state index >= 15 is 0 Å². The quantitative estimate of drug-likeness (QED) is 0.466. The Labute approximate surface area is 176 Å². The van der Waals surface area contributed by atoms with Crippen LogP contribution in [0.15, 0.2) is 78.9 Å². The van der Waals surface area contributed by atoms with Gasteiger partial charge < -0.3 is 10.1 Å². The Hall–Kier alpha value is -3.66. The van der Waals surface area contributed by atoms with Gasteiger partial charge in [0.1, 0.15) is 5.75 Å². The highest BCUT2D eigenvalue weighted by Crippen LogP contribution is 2.26. The van der Waals surface area contributed by atoms with Crippen LogP contribution in [0.25, 0.3) is 22.2 Å². The molecule has 0 aliphatic heterocycles. The molecule has 1 amide bonds. The van der Waals surface area contributed by atoms with Crippen LogP contribution in [0.1, 0.15) is 28.4 Å². The highest BCUT2D eigenvalue weighted by molar-refractivity contribution is 6.07. The van der Waals surface area contributed by atoms with Gasteiger partial charge in [0.2, 0.25) is 0 Å². The van der Waals surface area contributed by atoms with Crippen LogP contribution in [0, 0.1) is 6.92 Å². The fraction of sp³-hybridized carbons (Fsp3) is 0.154. The largest absolute Gasteiger partial charge is 0.494 e. The van der Waals surface area contributed by atoms with Gasteiger partial charge in [0.15, 0.2) is 0 Å². The number of hydrogen-bond acceptors (Lipinski definition) is 3. The van der Waals surface area contributed by atoms with Crippen molar-refractivity contribution in [2.24, 2.45) is 0 Å². The van der Waals surface area contributed by atoms with E-state index in [0.29, 0.717) is 18.7 Å². The number of amides is 1. The molecule has 4 aromatic rings. The van der Waals surface area contributed by atoms with Gasteiger partial charge >= 0.3 is 0 Å². The van der Waals surface area contributed by atoms with Crippen molar-refractivity contribution in [2.45, 2.75) is 20.4 Å². The average molecular weight is 396 g/mol. The third kappa shape index (κ3) is 4.33. The molecule has 30 heavy (non-hydrogen) atoms. The summed E-state index contributed by atoms with van der Waals surface area (Å²) in [5.41, 5.74) is 5.39. The Bertz CT molecular complexity index is 1170. The Balaban J connectivity index is 1.65. The van der Waals surface area contributed by atoms with Crippen LogP contribution in [0.4, 0.5) is 0 Å². The van der Waals surface area contributed by atoms with Gasteiger partial charge in [-0.1, -0.05) is 48.0 Å². The number of benzene rings is 3. The molecule has 3 aromatic carbocycles. The summed E-state index contributed by atoms with van der Waals surface area (Å²) in [7, 11) is 0. The molecule has 4 heteroatoms. The monoisotopic (exact) mass is 396 g/mol. The summed E-state index contributed by atoms with van der Waals surface area (Å²) >= 11 is 0. The molecule has 0 aliphatic rings. The zero-order valence-corrected chi connectivity index (χ0v) is 17.2. The Morgan fingerprint density at radius 3 is 2.43 bits per heavy atom. The maximum absolute atomic E-state index is 13.1.